The lowest BCUT2D eigenvalue weighted by atomic mass is 9.78. The number of hydrogen-bond acceptors (Lipinski definition) is 5. The number of rotatable bonds is 5. The van der Waals surface area contributed by atoms with Crippen LogP contribution in [0.25, 0.3) is 0 Å². The lowest BCUT2D eigenvalue weighted by Gasteiger charge is -2.22. The molecule has 2 aromatic rings. The zero-order valence-corrected chi connectivity index (χ0v) is 17.0. The number of imide groups is 1. The molecule has 1 fully saturated rings. The molecule has 31 heavy (non-hydrogen) atoms. The highest BCUT2D eigenvalue weighted by Crippen LogP contribution is 2.40. The molecule has 7 nitrogen and oxygen atoms in total. The molecule has 3 atom stereocenters. The summed E-state index contributed by atoms with van der Waals surface area (Å²) < 4.78 is 5.05. The Hall–Kier alpha value is -3.74. The molecular weight excluding hydrogens is 396 g/mol. The third kappa shape index (κ3) is 4.12. The third-order valence-corrected chi connectivity index (χ3v) is 5.63. The Morgan fingerprint density at radius 3 is 2.42 bits per heavy atom. The molecule has 0 spiro atoms. The quantitative estimate of drug-likeness (QED) is 0.457. The van der Waals surface area contributed by atoms with Crippen LogP contribution < -0.4 is 10.2 Å². The van der Waals surface area contributed by atoms with Gasteiger partial charge in [0.05, 0.1) is 23.1 Å². The molecule has 0 radical (unpaired) electrons. The number of ether oxygens (including phenoxy) is 1. The first-order valence-electron chi connectivity index (χ1n) is 10.1. The van der Waals surface area contributed by atoms with Crippen molar-refractivity contribution < 1.29 is 23.9 Å². The number of allylic oxidation sites excluding steroid dienone is 2. The summed E-state index contributed by atoms with van der Waals surface area (Å²) in [5, 5.41) is 2.63. The number of hydrogen-bond donors (Lipinski definition) is 1. The fraction of sp³-hybridized carbons (Fsp3) is 0.250. The number of esters is 1. The number of benzene rings is 2. The molecule has 0 saturated carbocycles. The third-order valence-electron chi connectivity index (χ3n) is 5.63. The van der Waals surface area contributed by atoms with Crippen molar-refractivity contribution in [1.29, 1.82) is 0 Å². The Morgan fingerprint density at radius 1 is 1.03 bits per heavy atom. The van der Waals surface area contributed by atoms with E-state index >= 15 is 0 Å². The van der Waals surface area contributed by atoms with E-state index in [0.717, 1.165) is 0 Å². The molecule has 2 aliphatic rings. The first-order valence-corrected chi connectivity index (χ1v) is 10.1. The van der Waals surface area contributed by atoms with Crippen LogP contribution in [-0.4, -0.2) is 30.3 Å². The van der Waals surface area contributed by atoms with E-state index in [-0.39, 0.29) is 35.1 Å². The van der Waals surface area contributed by atoms with Crippen molar-refractivity contribution in [1.82, 2.24) is 0 Å². The van der Waals surface area contributed by atoms with Gasteiger partial charge in [-0.25, -0.2) is 4.79 Å². The van der Waals surface area contributed by atoms with Crippen molar-refractivity contribution in [2.45, 2.75) is 13.3 Å². The maximum Gasteiger partial charge on any atom is 0.338 e. The SMILES string of the molecule is C[C@H]1C=CC[C@@H]2C(=O)N(c3ccc(C(=O)OCC(=O)Nc4ccccc4)cc3)C(=O)[C@@H]21. The molecular formula is C24H22N2O5. The largest absolute Gasteiger partial charge is 0.452 e. The van der Waals surface area contributed by atoms with Gasteiger partial charge in [-0.3, -0.25) is 19.3 Å². The lowest BCUT2D eigenvalue weighted by molar-refractivity contribution is -0.123. The Morgan fingerprint density at radius 2 is 1.74 bits per heavy atom. The summed E-state index contributed by atoms with van der Waals surface area (Å²) in [4.78, 5) is 51.0. The fourth-order valence-corrected chi connectivity index (χ4v) is 4.08. The van der Waals surface area contributed by atoms with Crippen LogP contribution in [0.15, 0.2) is 66.7 Å². The molecule has 1 heterocycles. The normalized spacial score (nSPS) is 22.2. The van der Waals surface area contributed by atoms with Gasteiger partial charge in [-0.1, -0.05) is 37.3 Å². The minimum atomic E-state index is -0.666. The van der Waals surface area contributed by atoms with Gasteiger partial charge in [-0.2, -0.15) is 0 Å². The number of nitrogens with one attached hydrogen (secondary N) is 1. The summed E-state index contributed by atoms with van der Waals surface area (Å²) in [5.41, 5.74) is 1.26. The average Bonchev–Trinajstić information content (AvgIpc) is 3.04. The summed E-state index contributed by atoms with van der Waals surface area (Å²) in [6.45, 7) is 1.52. The van der Waals surface area contributed by atoms with Crippen molar-refractivity contribution in [2.75, 3.05) is 16.8 Å². The minimum absolute atomic E-state index is 0.0106. The number of nitrogens with zero attached hydrogens (tertiary/aromatic N) is 1. The van der Waals surface area contributed by atoms with Crippen LogP contribution >= 0.6 is 0 Å². The number of amides is 3. The molecule has 0 unspecified atom stereocenters. The van der Waals surface area contributed by atoms with Gasteiger partial charge in [0.2, 0.25) is 11.8 Å². The van der Waals surface area contributed by atoms with Crippen molar-refractivity contribution in [2.24, 2.45) is 17.8 Å². The first-order chi connectivity index (χ1) is 15.0. The summed E-state index contributed by atoms with van der Waals surface area (Å²) >= 11 is 0. The van der Waals surface area contributed by atoms with Gasteiger partial charge in [0, 0.05) is 5.69 Å². The average molecular weight is 418 g/mol. The van der Waals surface area contributed by atoms with Crippen molar-refractivity contribution in [3.63, 3.8) is 0 Å². The molecule has 3 amide bonds. The van der Waals surface area contributed by atoms with Gasteiger partial charge in [0.25, 0.3) is 5.91 Å². The summed E-state index contributed by atoms with van der Waals surface area (Å²) in [7, 11) is 0. The van der Waals surface area contributed by atoms with Crippen LogP contribution in [0.3, 0.4) is 0 Å². The Bertz CT molecular complexity index is 1050. The zero-order chi connectivity index (χ0) is 22.0. The molecule has 158 valence electrons. The molecule has 1 aliphatic heterocycles. The monoisotopic (exact) mass is 418 g/mol. The fourth-order valence-electron chi connectivity index (χ4n) is 4.08. The molecule has 1 N–H and O–H groups in total. The lowest BCUT2D eigenvalue weighted by Crippen LogP contribution is -2.31. The number of carbonyl (C=O) groups excluding carboxylic acids is 4. The summed E-state index contributed by atoms with van der Waals surface area (Å²) in [6.07, 6.45) is 4.49. The van der Waals surface area contributed by atoms with E-state index in [1.807, 2.05) is 25.1 Å². The number of fused-ring (bicyclic) bond motifs is 1. The molecule has 1 saturated heterocycles. The van der Waals surface area contributed by atoms with Crippen molar-refractivity contribution in [3.05, 3.63) is 72.3 Å². The van der Waals surface area contributed by atoms with Crippen LogP contribution in [0.2, 0.25) is 0 Å². The standard InChI is InChI=1S/C24H22N2O5/c1-15-6-5-9-19-21(15)23(29)26(22(19)28)18-12-10-16(11-13-18)24(30)31-14-20(27)25-17-7-3-2-4-8-17/h2-8,10-13,15,19,21H,9,14H2,1H3,(H,25,27)/t15-,19-,21+/m0/s1. The summed E-state index contributed by atoms with van der Waals surface area (Å²) in [6, 6.07) is 14.9. The second-order valence-electron chi connectivity index (χ2n) is 7.70. The smallest absolute Gasteiger partial charge is 0.338 e. The van der Waals surface area contributed by atoms with Gasteiger partial charge in [0.1, 0.15) is 0 Å². The number of anilines is 2. The van der Waals surface area contributed by atoms with E-state index in [0.29, 0.717) is 17.8 Å². The zero-order valence-electron chi connectivity index (χ0n) is 17.0. The topological polar surface area (TPSA) is 92.8 Å². The molecule has 2 aromatic carbocycles. The number of para-hydroxylation sites is 1. The van der Waals surface area contributed by atoms with Crippen LogP contribution in [0.5, 0.6) is 0 Å². The second-order valence-corrected chi connectivity index (χ2v) is 7.70. The van der Waals surface area contributed by atoms with Crippen molar-refractivity contribution in [3.8, 4) is 0 Å². The Kier molecular flexibility index (Phi) is 5.66. The van der Waals surface area contributed by atoms with Gasteiger partial charge >= 0.3 is 5.97 Å². The molecule has 4 rings (SSSR count). The molecule has 7 heteroatoms. The van der Waals surface area contributed by atoms with E-state index in [2.05, 4.69) is 5.32 Å². The Labute approximate surface area is 179 Å². The minimum Gasteiger partial charge on any atom is -0.452 e. The molecule has 0 bridgehead atoms. The van der Waals surface area contributed by atoms with E-state index < -0.39 is 18.5 Å². The highest BCUT2D eigenvalue weighted by atomic mass is 16.5. The Balaban J connectivity index is 1.38. The highest BCUT2D eigenvalue weighted by Gasteiger charge is 2.50. The van der Waals surface area contributed by atoms with Crippen LogP contribution in [-0.2, 0) is 19.1 Å². The molecule has 0 aromatic heterocycles. The van der Waals surface area contributed by atoms with Gasteiger partial charge in [-0.15, -0.1) is 0 Å². The predicted molar refractivity (Wildman–Crippen MR) is 114 cm³/mol. The maximum absolute atomic E-state index is 12.8. The first kappa shape index (κ1) is 20.5. The second kappa shape index (κ2) is 8.55. The maximum atomic E-state index is 12.8. The predicted octanol–water partition coefficient (Wildman–Crippen LogP) is 3.18. The van der Waals surface area contributed by atoms with E-state index in [4.69, 9.17) is 4.74 Å². The van der Waals surface area contributed by atoms with Gasteiger partial charge in [0.15, 0.2) is 6.61 Å². The van der Waals surface area contributed by atoms with Crippen LogP contribution in [0, 0.1) is 17.8 Å². The van der Waals surface area contributed by atoms with Crippen molar-refractivity contribution >= 4 is 35.1 Å². The van der Waals surface area contributed by atoms with E-state index in [9.17, 15) is 19.2 Å². The summed E-state index contributed by atoms with van der Waals surface area (Å²) in [5.74, 6) is -2.20. The molecule has 1 aliphatic carbocycles. The van der Waals surface area contributed by atoms with Crippen LogP contribution in [0.1, 0.15) is 23.7 Å². The van der Waals surface area contributed by atoms with Crippen LogP contribution in [0.4, 0.5) is 11.4 Å². The highest BCUT2D eigenvalue weighted by molar-refractivity contribution is 6.22. The van der Waals surface area contributed by atoms with E-state index in [1.54, 1.807) is 36.4 Å². The van der Waals surface area contributed by atoms with Gasteiger partial charge < -0.3 is 10.1 Å². The van der Waals surface area contributed by atoms with E-state index in [1.165, 1.54) is 17.0 Å². The van der Waals surface area contributed by atoms with Gasteiger partial charge in [-0.05, 0) is 48.7 Å². The number of carbonyl (C=O) groups is 4.